The van der Waals surface area contributed by atoms with Crippen molar-refractivity contribution >= 4 is 11.9 Å². The summed E-state index contributed by atoms with van der Waals surface area (Å²) in [6.07, 6.45) is 0. The lowest BCUT2D eigenvalue weighted by Crippen LogP contribution is -2.41. The molecule has 0 radical (unpaired) electrons. The number of amides is 1. The lowest BCUT2D eigenvalue weighted by molar-refractivity contribution is -0.138. The normalized spacial score (nSPS) is 10.3. The molecule has 0 atom stereocenters. The minimum Gasteiger partial charge on any atom is -0.480 e. The Hall–Kier alpha value is -1.99. The number of carboxylic acid groups (broad SMARTS) is 1. The third kappa shape index (κ3) is 2.73. The van der Waals surface area contributed by atoms with E-state index in [9.17, 15) is 9.59 Å². The van der Waals surface area contributed by atoms with E-state index in [1.807, 2.05) is 0 Å². The first kappa shape index (κ1) is 11.1. The molecule has 0 saturated heterocycles. The molecular formula is C7H11N5O3. The molecule has 0 aliphatic heterocycles. The summed E-state index contributed by atoms with van der Waals surface area (Å²) in [5.74, 6) is -1.77. The first-order valence-electron chi connectivity index (χ1n) is 4.28. The van der Waals surface area contributed by atoms with Crippen molar-refractivity contribution in [2.24, 2.45) is 0 Å². The number of aromatic amines is 1. The van der Waals surface area contributed by atoms with Crippen LogP contribution in [0, 0.1) is 0 Å². The van der Waals surface area contributed by atoms with Crippen LogP contribution in [-0.2, 0) is 4.79 Å². The largest absolute Gasteiger partial charge is 0.480 e. The number of carbonyl (C=O) groups excluding carboxylic acids is 1. The van der Waals surface area contributed by atoms with Gasteiger partial charge >= 0.3 is 5.97 Å². The van der Waals surface area contributed by atoms with Crippen LogP contribution in [-0.4, -0.2) is 55.1 Å². The fourth-order valence-corrected chi connectivity index (χ4v) is 1.02. The van der Waals surface area contributed by atoms with Crippen LogP contribution < -0.4 is 0 Å². The van der Waals surface area contributed by atoms with Gasteiger partial charge in [-0.15, -0.1) is 10.2 Å². The van der Waals surface area contributed by atoms with Crippen LogP contribution in [0.15, 0.2) is 0 Å². The summed E-state index contributed by atoms with van der Waals surface area (Å²) in [5, 5.41) is 21.0. The highest BCUT2D eigenvalue weighted by Crippen LogP contribution is 2.02. The van der Waals surface area contributed by atoms with Gasteiger partial charge in [-0.1, -0.05) is 0 Å². The number of nitrogens with one attached hydrogen (secondary N) is 1. The molecule has 0 fully saturated rings. The third-order valence-electron chi connectivity index (χ3n) is 1.73. The highest BCUT2D eigenvalue weighted by Gasteiger charge is 2.24. The molecule has 1 aromatic rings. The van der Waals surface area contributed by atoms with Gasteiger partial charge in [-0.25, -0.2) is 0 Å². The van der Waals surface area contributed by atoms with E-state index in [1.165, 1.54) is 0 Å². The smallest absolute Gasteiger partial charge is 0.323 e. The molecule has 8 nitrogen and oxygen atoms in total. The molecule has 0 aliphatic carbocycles. The van der Waals surface area contributed by atoms with Gasteiger partial charge in [0.15, 0.2) is 0 Å². The lowest BCUT2D eigenvalue weighted by atomic mass is 10.3. The standard InChI is InChI=1S/C7H11N5O3/c1-4(2)12(3-5(13)14)7(15)6-8-10-11-9-6/h4H,3H2,1-2H3,(H,13,14)(H,8,9,10,11). The molecule has 0 saturated carbocycles. The number of nitrogens with zero attached hydrogens (tertiary/aromatic N) is 4. The Bertz CT molecular complexity index is 348. The quantitative estimate of drug-likeness (QED) is 0.672. The zero-order valence-corrected chi connectivity index (χ0v) is 8.34. The van der Waals surface area contributed by atoms with Crippen molar-refractivity contribution in [1.82, 2.24) is 25.5 Å². The maximum atomic E-state index is 11.7. The lowest BCUT2D eigenvalue weighted by Gasteiger charge is -2.22. The van der Waals surface area contributed by atoms with Gasteiger partial charge in [0.1, 0.15) is 6.54 Å². The SMILES string of the molecule is CC(C)N(CC(=O)O)C(=O)c1nn[nH]n1. The number of tetrazole rings is 1. The molecule has 1 aromatic heterocycles. The van der Waals surface area contributed by atoms with E-state index >= 15 is 0 Å². The molecule has 0 aromatic carbocycles. The highest BCUT2D eigenvalue weighted by atomic mass is 16.4. The van der Waals surface area contributed by atoms with Crippen LogP contribution in [0.25, 0.3) is 0 Å². The number of aromatic nitrogens is 4. The second-order valence-corrected chi connectivity index (χ2v) is 3.16. The van der Waals surface area contributed by atoms with Crippen molar-refractivity contribution in [2.75, 3.05) is 6.54 Å². The van der Waals surface area contributed by atoms with E-state index in [0.717, 1.165) is 4.90 Å². The van der Waals surface area contributed by atoms with E-state index in [2.05, 4.69) is 20.6 Å². The van der Waals surface area contributed by atoms with Gasteiger partial charge in [0.25, 0.3) is 11.7 Å². The van der Waals surface area contributed by atoms with Crippen molar-refractivity contribution < 1.29 is 14.7 Å². The molecule has 0 bridgehead atoms. The van der Waals surface area contributed by atoms with Crippen molar-refractivity contribution in [1.29, 1.82) is 0 Å². The Morgan fingerprint density at radius 2 is 2.20 bits per heavy atom. The van der Waals surface area contributed by atoms with Gasteiger partial charge in [-0.2, -0.15) is 5.21 Å². The monoisotopic (exact) mass is 213 g/mol. The second-order valence-electron chi connectivity index (χ2n) is 3.16. The van der Waals surface area contributed by atoms with E-state index in [-0.39, 0.29) is 18.4 Å². The van der Waals surface area contributed by atoms with Crippen molar-refractivity contribution in [2.45, 2.75) is 19.9 Å². The summed E-state index contributed by atoms with van der Waals surface area (Å²) >= 11 is 0. The van der Waals surface area contributed by atoms with E-state index < -0.39 is 11.9 Å². The van der Waals surface area contributed by atoms with Gasteiger partial charge in [0, 0.05) is 6.04 Å². The average molecular weight is 213 g/mol. The van der Waals surface area contributed by atoms with Crippen LogP contribution in [0.2, 0.25) is 0 Å². The Kier molecular flexibility index (Phi) is 3.32. The Labute approximate surface area is 85.3 Å². The van der Waals surface area contributed by atoms with Crippen LogP contribution in [0.4, 0.5) is 0 Å². The Balaban J connectivity index is 2.81. The predicted molar refractivity (Wildman–Crippen MR) is 48.0 cm³/mol. The summed E-state index contributed by atoms with van der Waals surface area (Å²) in [4.78, 5) is 23.3. The molecule has 8 heteroatoms. The molecule has 0 spiro atoms. The molecular weight excluding hydrogens is 202 g/mol. The molecule has 1 heterocycles. The number of hydrogen-bond donors (Lipinski definition) is 2. The molecule has 15 heavy (non-hydrogen) atoms. The van der Waals surface area contributed by atoms with Gasteiger partial charge in [-0.3, -0.25) is 9.59 Å². The first-order valence-corrected chi connectivity index (χ1v) is 4.28. The van der Waals surface area contributed by atoms with Crippen molar-refractivity contribution in [3.63, 3.8) is 0 Å². The Morgan fingerprint density at radius 1 is 1.53 bits per heavy atom. The zero-order chi connectivity index (χ0) is 11.4. The number of aliphatic carboxylic acids is 1. The van der Waals surface area contributed by atoms with Crippen LogP contribution >= 0.6 is 0 Å². The molecule has 1 amide bonds. The van der Waals surface area contributed by atoms with Gasteiger partial charge in [0.2, 0.25) is 0 Å². The third-order valence-corrected chi connectivity index (χ3v) is 1.73. The summed E-state index contributed by atoms with van der Waals surface area (Å²) in [7, 11) is 0. The van der Waals surface area contributed by atoms with Crippen molar-refractivity contribution in [3.05, 3.63) is 5.82 Å². The van der Waals surface area contributed by atoms with Crippen molar-refractivity contribution in [3.8, 4) is 0 Å². The number of H-pyrrole nitrogens is 1. The fraction of sp³-hybridized carbons (Fsp3) is 0.571. The number of hydrogen-bond acceptors (Lipinski definition) is 5. The molecule has 0 unspecified atom stereocenters. The van der Waals surface area contributed by atoms with Crippen LogP contribution in [0.1, 0.15) is 24.5 Å². The van der Waals surface area contributed by atoms with Crippen LogP contribution in [0.3, 0.4) is 0 Å². The maximum Gasteiger partial charge on any atom is 0.323 e. The molecule has 0 aliphatic rings. The van der Waals surface area contributed by atoms with E-state index in [4.69, 9.17) is 5.11 Å². The first-order chi connectivity index (χ1) is 7.02. The number of carboxylic acids is 1. The van der Waals surface area contributed by atoms with Gasteiger partial charge < -0.3 is 10.0 Å². The molecule has 1 rings (SSSR count). The van der Waals surface area contributed by atoms with E-state index in [0.29, 0.717) is 0 Å². The minimum absolute atomic E-state index is 0.134. The number of rotatable bonds is 4. The second kappa shape index (κ2) is 4.49. The summed E-state index contributed by atoms with van der Waals surface area (Å²) < 4.78 is 0. The summed E-state index contributed by atoms with van der Waals surface area (Å²) in [6, 6.07) is -0.243. The molecule has 2 N–H and O–H groups in total. The minimum atomic E-state index is -1.08. The Morgan fingerprint density at radius 3 is 2.60 bits per heavy atom. The van der Waals surface area contributed by atoms with Crippen LogP contribution in [0.5, 0.6) is 0 Å². The average Bonchev–Trinajstić information content (AvgIpc) is 2.65. The van der Waals surface area contributed by atoms with Gasteiger partial charge in [0.05, 0.1) is 0 Å². The summed E-state index contributed by atoms with van der Waals surface area (Å²) in [5.41, 5.74) is 0. The summed E-state index contributed by atoms with van der Waals surface area (Å²) in [6.45, 7) is 3.03. The van der Waals surface area contributed by atoms with E-state index in [1.54, 1.807) is 13.8 Å². The number of carbonyl (C=O) groups is 2. The fourth-order valence-electron chi connectivity index (χ4n) is 1.02. The highest BCUT2D eigenvalue weighted by molar-refractivity contribution is 5.92. The zero-order valence-electron chi connectivity index (χ0n) is 8.34. The maximum absolute atomic E-state index is 11.7. The molecule has 82 valence electrons. The predicted octanol–water partition coefficient (Wildman–Crippen LogP) is -0.865. The van der Waals surface area contributed by atoms with Gasteiger partial charge in [-0.05, 0) is 19.1 Å². The topological polar surface area (TPSA) is 112 Å².